The Morgan fingerprint density at radius 3 is 2.27 bits per heavy atom. The second-order valence-corrected chi connectivity index (χ2v) is 9.49. The van der Waals surface area contributed by atoms with Crippen molar-refractivity contribution in [2.75, 3.05) is 5.73 Å². The van der Waals surface area contributed by atoms with Crippen LogP contribution in [0.5, 0.6) is 0 Å². The number of ether oxygens (including phenoxy) is 1. The molecular formula is C22H28BFN2O4. The van der Waals surface area contributed by atoms with E-state index in [2.05, 4.69) is 4.98 Å². The summed E-state index contributed by atoms with van der Waals surface area (Å²) in [6.07, 6.45) is 1.59. The van der Waals surface area contributed by atoms with Crippen LogP contribution in [0.3, 0.4) is 0 Å². The fourth-order valence-corrected chi connectivity index (χ4v) is 3.01. The summed E-state index contributed by atoms with van der Waals surface area (Å²) in [5.41, 5.74) is 5.89. The Labute approximate surface area is 177 Å². The molecular weight excluding hydrogens is 386 g/mol. The van der Waals surface area contributed by atoms with Gasteiger partial charge in [-0.05, 0) is 72.2 Å². The number of nitrogens with two attached hydrogens (primary N) is 1. The minimum Gasteiger partial charge on any atom is -0.456 e. The van der Waals surface area contributed by atoms with Crippen molar-refractivity contribution in [2.24, 2.45) is 0 Å². The predicted octanol–water partition coefficient (Wildman–Crippen LogP) is 3.72. The topological polar surface area (TPSA) is 83.7 Å². The molecule has 0 spiro atoms. The minimum atomic E-state index is -0.719. The van der Waals surface area contributed by atoms with Crippen molar-refractivity contribution in [3.63, 3.8) is 0 Å². The molecule has 0 radical (unpaired) electrons. The summed E-state index contributed by atoms with van der Waals surface area (Å²) in [6.45, 7) is 13.0. The summed E-state index contributed by atoms with van der Waals surface area (Å²) in [4.78, 5) is 16.4. The number of anilines is 1. The standard InChI is InChI=1S/C22H28BFN2O4/c1-20(2,3)28-19(27)15-9-8-13(10-17(15)24)16-11-14(12-26-18(16)25)23-29-21(4,5)22(6,7)30-23/h8-12H,1-7H3,(H2,25,26). The zero-order valence-electron chi connectivity index (χ0n) is 18.5. The Bertz CT molecular complexity index is 970. The molecule has 1 aliphatic rings. The van der Waals surface area contributed by atoms with Gasteiger partial charge in [0.05, 0.1) is 16.8 Å². The maximum atomic E-state index is 14.7. The highest BCUT2D eigenvalue weighted by molar-refractivity contribution is 6.62. The monoisotopic (exact) mass is 414 g/mol. The fraction of sp³-hybridized carbons (Fsp3) is 0.455. The molecule has 1 fully saturated rings. The van der Waals surface area contributed by atoms with Crippen molar-refractivity contribution in [1.29, 1.82) is 0 Å². The largest absolute Gasteiger partial charge is 0.496 e. The van der Waals surface area contributed by atoms with Crippen LogP contribution in [0.15, 0.2) is 30.5 Å². The van der Waals surface area contributed by atoms with Gasteiger partial charge in [-0.1, -0.05) is 6.07 Å². The van der Waals surface area contributed by atoms with Crippen LogP contribution in [0.4, 0.5) is 10.2 Å². The van der Waals surface area contributed by atoms with Crippen molar-refractivity contribution in [3.8, 4) is 11.1 Å². The molecule has 1 aromatic carbocycles. The van der Waals surface area contributed by atoms with Crippen LogP contribution in [-0.2, 0) is 14.0 Å². The number of rotatable bonds is 3. The van der Waals surface area contributed by atoms with Crippen molar-refractivity contribution in [1.82, 2.24) is 4.98 Å². The molecule has 2 heterocycles. The van der Waals surface area contributed by atoms with E-state index in [0.29, 0.717) is 16.6 Å². The molecule has 30 heavy (non-hydrogen) atoms. The first-order chi connectivity index (χ1) is 13.7. The van der Waals surface area contributed by atoms with Gasteiger partial charge in [0, 0.05) is 17.2 Å². The average Bonchev–Trinajstić information content (AvgIpc) is 2.81. The Hall–Kier alpha value is -2.45. The van der Waals surface area contributed by atoms with E-state index < -0.39 is 35.7 Å². The summed E-state index contributed by atoms with van der Waals surface area (Å²) in [5, 5.41) is 0. The van der Waals surface area contributed by atoms with Crippen molar-refractivity contribution in [3.05, 3.63) is 41.8 Å². The molecule has 0 atom stereocenters. The lowest BCUT2D eigenvalue weighted by atomic mass is 9.79. The third kappa shape index (κ3) is 4.34. The van der Waals surface area contributed by atoms with E-state index >= 15 is 0 Å². The number of pyridine rings is 1. The van der Waals surface area contributed by atoms with Crippen molar-refractivity contribution >= 4 is 24.4 Å². The van der Waals surface area contributed by atoms with Gasteiger partial charge in [0.25, 0.3) is 0 Å². The predicted molar refractivity (Wildman–Crippen MR) is 115 cm³/mol. The number of halogens is 1. The Balaban J connectivity index is 1.93. The SMILES string of the molecule is CC(C)(C)OC(=O)c1ccc(-c2cc(B3OC(C)(C)C(C)(C)O3)cnc2N)cc1F. The lowest BCUT2D eigenvalue weighted by Crippen LogP contribution is -2.41. The van der Waals surface area contributed by atoms with Crippen LogP contribution in [0.2, 0.25) is 0 Å². The molecule has 3 rings (SSSR count). The first-order valence-corrected chi connectivity index (χ1v) is 9.84. The lowest BCUT2D eigenvalue weighted by Gasteiger charge is -2.32. The van der Waals surface area contributed by atoms with Gasteiger partial charge in [0.1, 0.15) is 17.2 Å². The van der Waals surface area contributed by atoms with E-state index in [1.54, 1.807) is 39.1 Å². The number of nitrogen functional groups attached to an aromatic ring is 1. The number of carbonyl (C=O) groups excluding carboxylic acids is 1. The molecule has 6 nitrogen and oxygen atoms in total. The van der Waals surface area contributed by atoms with E-state index in [9.17, 15) is 9.18 Å². The number of carbonyl (C=O) groups is 1. The third-order valence-electron chi connectivity index (χ3n) is 5.36. The van der Waals surface area contributed by atoms with Crippen LogP contribution >= 0.6 is 0 Å². The average molecular weight is 414 g/mol. The van der Waals surface area contributed by atoms with Gasteiger partial charge < -0.3 is 19.8 Å². The summed E-state index contributed by atoms with van der Waals surface area (Å²) >= 11 is 0. The number of nitrogens with zero attached hydrogens (tertiary/aromatic N) is 1. The van der Waals surface area contributed by atoms with Gasteiger partial charge in [-0.3, -0.25) is 0 Å². The maximum Gasteiger partial charge on any atom is 0.496 e. The normalized spacial score (nSPS) is 17.8. The zero-order valence-corrected chi connectivity index (χ0v) is 18.5. The van der Waals surface area contributed by atoms with Crippen LogP contribution in [-0.4, -0.2) is 34.9 Å². The van der Waals surface area contributed by atoms with Gasteiger partial charge in [-0.25, -0.2) is 14.2 Å². The van der Waals surface area contributed by atoms with Crippen molar-refractivity contribution < 1.29 is 23.2 Å². The number of aromatic nitrogens is 1. The van der Waals surface area contributed by atoms with Gasteiger partial charge in [-0.2, -0.15) is 0 Å². The molecule has 0 unspecified atom stereocenters. The van der Waals surface area contributed by atoms with E-state index in [-0.39, 0.29) is 11.4 Å². The molecule has 8 heteroatoms. The fourth-order valence-electron chi connectivity index (χ4n) is 3.01. The molecule has 0 amide bonds. The van der Waals surface area contributed by atoms with Crippen LogP contribution in [0.25, 0.3) is 11.1 Å². The number of hydrogen-bond donors (Lipinski definition) is 1. The van der Waals surface area contributed by atoms with E-state index in [0.717, 1.165) is 0 Å². The van der Waals surface area contributed by atoms with E-state index in [4.69, 9.17) is 19.8 Å². The summed E-state index contributed by atoms with van der Waals surface area (Å²) < 4.78 is 32.1. The molecule has 0 saturated carbocycles. The number of esters is 1. The number of hydrogen-bond acceptors (Lipinski definition) is 6. The molecule has 2 aromatic rings. The van der Waals surface area contributed by atoms with Crippen LogP contribution < -0.4 is 11.2 Å². The molecule has 160 valence electrons. The first-order valence-electron chi connectivity index (χ1n) is 9.84. The second kappa shape index (κ2) is 7.36. The zero-order chi connectivity index (χ0) is 22.5. The molecule has 0 aliphatic carbocycles. The first kappa shape index (κ1) is 22.2. The second-order valence-electron chi connectivity index (χ2n) is 9.49. The molecule has 1 saturated heterocycles. The quantitative estimate of drug-likeness (QED) is 0.609. The lowest BCUT2D eigenvalue weighted by molar-refractivity contribution is 0.00578. The van der Waals surface area contributed by atoms with Crippen molar-refractivity contribution in [2.45, 2.75) is 65.3 Å². The highest BCUT2D eigenvalue weighted by Crippen LogP contribution is 2.37. The van der Waals surface area contributed by atoms with Gasteiger partial charge in [0.2, 0.25) is 0 Å². The van der Waals surface area contributed by atoms with E-state index in [1.807, 2.05) is 27.7 Å². The highest BCUT2D eigenvalue weighted by Gasteiger charge is 2.51. The molecule has 1 aromatic heterocycles. The van der Waals surface area contributed by atoms with Gasteiger partial charge in [0.15, 0.2) is 0 Å². The summed E-state index contributed by atoms with van der Waals surface area (Å²) in [7, 11) is -0.618. The third-order valence-corrected chi connectivity index (χ3v) is 5.36. The Kier molecular flexibility index (Phi) is 5.45. The summed E-state index contributed by atoms with van der Waals surface area (Å²) in [5.74, 6) is -1.18. The molecule has 2 N–H and O–H groups in total. The summed E-state index contributed by atoms with van der Waals surface area (Å²) in [6, 6.07) is 6.02. The van der Waals surface area contributed by atoms with Gasteiger partial charge in [-0.15, -0.1) is 0 Å². The Morgan fingerprint density at radius 1 is 1.13 bits per heavy atom. The molecule has 1 aliphatic heterocycles. The van der Waals surface area contributed by atoms with Gasteiger partial charge >= 0.3 is 13.1 Å². The molecule has 0 bridgehead atoms. The Morgan fingerprint density at radius 2 is 1.73 bits per heavy atom. The smallest absolute Gasteiger partial charge is 0.456 e. The van der Waals surface area contributed by atoms with Crippen LogP contribution in [0, 0.1) is 5.82 Å². The highest BCUT2D eigenvalue weighted by atomic mass is 19.1. The minimum absolute atomic E-state index is 0.137. The van der Waals surface area contributed by atoms with E-state index in [1.165, 1.54) is 12.1 Å². The maximum absolute atomic E-state index is 14.7. The van der Waals surface area contributed by atoms with Crippen LogP contribution in [0.1, 0.15) is 58.8 Å². The number of benzene rings is 1.